The summed E-state index contributed by atoms with van der Waals surface area (Å²) < 4.78 is 7.79. The Bertz CT molecular complexity index is 10.8. The van der Waals surface area contributed by atoms with Gasteiger partial charge in [0.15, 0.2) is 0 Å². The van der Waals surface area contributed by atoms with Crippen LogP contribution in [-0.4, -0.2) is 3.93 Å². The van der Waals surface area contributed by atoms with Crippen LogP contribution < -0.4 is 0 Å². The first kappa shape index (κ1) is 5.16. The van der Waals surface area contributed by atoms with Gasteiger partial charge >= 0.3 is 37.6 Å². The van der Waals surface area contributed by atoms with Crippen molar-refractivity contribution in [2.45, 2.75) is 0 Å². The van der Waals surface area contributed by atoms with E-state index in [-0.39, 0.29) is 0 Å². The van der Waals surface area contributed by atoms with E-state index >= 15 is 0 Å². The first-order chi connectivity index (χ1) is 1.73. The molecule has 1 N–H and O–H groups in total. The molecule has 0 aliphatic rings. The fourth-order valence-corrected chi connectivity index (χ4v) is 0. The van der Waals surface area contributed by atoms with Crippen LogP contribution in [0.4, 0.5) is 0 Å². The standard InChI is InChI=1S/2ClH.H2O.Zn/h2*1H;1H2;/q;;;+3/p-3. The van der Waals surface area contributed by atoms with Gasteiger partial charge < -0.3 is 0 Å². The molecule has 0 aromatic carbocycles. The van der Waals surface area contributed by atoms with Gasteiger partial charge in [0.2, 0.25) is 0 Å². The van der Waals surface area contributed by atoms with E-state index in [9.17, 15) is 0 Å². The van der Waals surface area contributed by atoms with Crippen molar-refractivity contribution >= 4 is 19.4 Å². The van der Waals surface area contributed by atoms with Crippen LogP contribution in [0.25, 0.3) is 0 Å². The Labute approximate surface area is 37.9 Å². The second-order valence-corrected chi connectivity index (χ2v) is 8.45. The Balaban J connectivity index is 2.32. The van der Waals surface area contributed by atoms with E-state index in [1.54, 1.807) is 0 Å². The normalized spacial score (nSPS) is 6.75. The zero-order valence-corrected chi connectivity index (χ0v) is 6.39. The molecule has 1 nitrogen and oxygen atoms in total. The van der Waals surface area contributed by atoms with Crippen molar-refractivity contribution < 1.29 is 18.3 Å². The van der Waals surface area contributed by atoms with Crippen LogP contribution in [0.15, 0.2) is 0 Å². The molecule has 0 aromatic heterocycles. The average molecular weight is 153 g/mol. The summed E-state index contributed by atoms with van der Waals surface area (Å²) >= 11 is -2.68. The Hall–Kier alpha value is 1.16. The van der Waals surface area contributed by atoms with Crippen LogP contribution in [0, 0.1) is 0 Å². The van der Waals surface area contributed by atoms with Gasteiger partial charge in [-0.1, -0.05) is 0 Å². The Morgan fingerprint density at radius 2 is 1.50 bits per heavy atom. The molecule has 0 radical (unpaired) electrons. The summed E-state index contributed by atoms with van der Waals surface area (Å²) in [6, 6.07) is 0. The molecule has 4 heteroatoms. The van der Waals surface area contributed by atoms with Crippen molar-refractivity contribution in [3.8, 4) is 0 Å². The monoisotopic (exact) mass is 151 g/mol. The molecule has 0 rings (SSSR count). The number of hydrogen-bond donors (Lipinski definition) is 1. The van der Waals surface area contributed by atoms with Gasteiger partial charge in [0.25, 0.3) is 0 Å². The molecule has 0 unspecified atom stereocenters. The van der Waals surface area contributed by atoms with Crippen molar-refractivity contribution in [3.05, 3.63) is 0 Å². The second kappa shape index (κ2) is 2.40. The molecule has 23 valence electrons. The zero-order chi connectivity index (χ0) is 3.58. The van der Waals surface area contributed by atoms with E-state index in [0.717, 1.165) is 0 Å². The van der Waals surface area contributed by atoms with E-state index in [4.69, 9.17) is 23.3 Å². The Morgan fingerprint density at radius 1 is 1.50 bits per heavy atom. The van der Waals surface area contributed by atoms with Crippen molar-refractivity contribution in [1.82, 2.24) is 0 Å². The predicted octanol–water partition coefficient (Wildman–Crippen LogP) is 0.819. The average Bonchev–Trinajstić information content (AvgIpc) is 0.811. The van der Waals surface area contributed by atoms with E-state index in [2.05, 4.69) is 0 Å². The van der Waals surface area contributed by atoms with Crippen LogP contribution >= 0.6 is 19.4 Å². The van der Waals surface area contributed by atoms with Gasteiger partial charge in [-0.15, -0.1) is 0 Å². The molecule has 4 heavy (non-hydrogen) atoms. The van der Waals surface area contributed by atoms with Crippen LogP contribution in [0.3, 0.4) is 0 Å². The number of hydrogen-bond acceptors (Lipinski definition) is 1. The van der Waals surface area contributed by atoms with Gasteiger partial charge in [-0.2, -0.15) is 0 Å². The summed E-state index contributed by atoms with van der Waals surface area (Å²) in [5.74, 6) is 0. The van der Waals surface area contributed by atoms with Gasteiger partial charge in [-0.05, 0) is 0 Å². The fraction of sp³-hybridized carbons (Fsp3) is 0. The molecule has 0 amide bonds. The summed E-state index contributed by atoms with van der Waals surface area (Å²) in [5.41, 5.74) is 0. The quantitative estimate of drug-likeness (QED) is 0.511. The summed E-state index contributed by atoms with van der Waals surface area (Å²) in [6.45, 7) is 0. The topological polar surface area (TPSA) is 20.2 Å². The summed E-state index contributed by atoms with van der Waals surface area (Å²) in [4.78, 5) is 0. The van der Waals surface area contributed by atoms with Crippen LogP contribution in [0.2, 0.25) is 0 Å². The van der Waals surface area contributed by atoms with Gasteiger partial charge in [0.05, 0.1) is 0 Å². The maximum atomic E-state index is 7.79. The first-order valence-corrected chi connectivity index (χ1v) is 9.98. The Kier molecular flexibility index (Phi) is 3.10. The van der Waals surface area contributed by atoms with Crippen molar-refractivity contribution in [3.63, 3.8) is 0 Å². The minimum absolute atomic E-state index is 2.68. The molecule has 0 aliphatic heterocycles. The summed E-state index contributed by atoms with van der Waals surface area (Å²) in [6.07, 6.45) is 0. The number of rotatable bonds is 0. The van der Waals surface area contributed by atoms with E-state index in [1.807, 2.05) is 0 Å². The van der Waals surface area contributed by atoms with Crippen molar-refractivity contribution in [2.24, 2.45) is 0 Å². The molecular formula is HCl2OZn. The van der Waals surface area contributed by atoms with Crippen LogP contribution in [0.1, 0.15) is 0 Å². The van der Waals surface area contributed by atoms with Gasteiger partial charge in [0.1, 0.15) is 0 Å². The maximum absolute atomic E-state index is 7.79. The van der Waals surface area contributed by atoms with Crippen molar-refractivity contribution in [2.75, 3.05) is 0 Å². The van der Waals surface area contributed by atoms with Crippen LogP contribution in [0.5, 0.6) is 0 Å². The van der Waals surface area contributed by atoms with E-state index in [0.29, 0.717) is 0 Å². The Morgan fingerprint density at radius 3 is 1.50 bits per heavy atom. The van der Waals surface area contributed by atoms with Gasteiger partial charge in [-0.25, -0.2) is 0 Å². The molecule has 0 saturated heterocycles. The molecule has 0 spiro atoms. The van der Waals surface area contributed by atoms with Gasteiger partial charge in [0, 0.05) is 0 Å². The zero-order valence-electron chi connectivity index (χ0n) is 1.91. The SMILES string of the molecule is [OH][Zn]([Cl])[Cl]. The number of halogens is 2. The second-order valence-electron chi connectivity index (χ2n) is 0.340. The van der Waals surface area contributed by atoms with Gasteiger partial charge in [-0.3, -0.25) is 0 Å². The van der Waals surface area contributed by atoms with Crippen molar-refractivity contribution in [1.29, 1.82) is 0 Å². The summed E-state index contributed by atoms with van der Waals surface area (Å²) in [5, 5.41) is 0. The third-order valence-electron chi connectivity index (χ3n) is 0. The minimum atomic E-state index is -2.68. The molecule has 0 bridgehead atoms. The fourth-order valence-electron chi connectivity index (χ4n) is 0. The third-order valence-corrected chi connectivity index (χ3v) is 0. The first-order valence-electron chi connectivity index (χ1n) is 0.851. The van der Waals surface area contributed by atoms with E-state index in [1.165, 1.54) is 0 Å². The molecule has 0 fully saturated rings. The molecular weight excluding hydrogens is 152 g/mol. The predicted molar refractivity (Wildman–Crippen MR) is 13.9 cm³/mol. The third kappa shape index (κ3) is 10.9. The summed E-state index contributed by atoms with van der Waals surface area (Å²) in [7, 11) is 9.61. The molecule has 0 aromatic rings. The molecule has 0 heterocycles. The van der Waals surface area contributed by atoms with Crippen LogP contribution in [-0.2, 0) is 14.3 Å². The molecule has 0 aliphatic carbocycles. The molecule has 0 saturated carbocycles. The molecule has 0 atom stereocenters. The van der Waals surface area contributed by atoms with E-state index < -0.39 is 14.3 Å².